The van der Waals surface area contributed by atoms with E-state index in [9.17, 15) is 4.79 Å². The van der Waals surface area contributed by atoms with E-state index in [0.717, 1.165) is 31.7 Å². The quantitative estimate of drug-likeness (QED) is 0.824. The SMILES string of the molecule is O=C1COc2c(cccc2OC2CCNCC2)N1. The molecule has 0 unspecified atom stereocenters. The number of hydrogen-bond acceptors (Lipinski definition) is 4. The molecule has 2 aliphatic heterocycles. The van der Waals surface area contributed by atoms with Crippen molar-refractivity contribution in [3.8, 4) is 11.5 Å². The van der Waals surface area contributed by atoms with E-state index in [2.05, 4.69) is 10.6 Å². The molecule has 2 aliphatic rings. The molecule has 18 heavy (non-hydrogen) atoms. The zero-order valence-electron chi connectivity index (χ0n) is 10.1. The first-order chi connectivity index (χ1) is 8.83. The van der Waals surface area contributed by atoms with Gasteiger partial charge in [0.25, 0.3) is 5.91 Å². The molecule has 5 heteroatoms. The summed E-state index contributed by atoms with van der Waals surface area (Å²) < 4.78 is 11.4. The smallest absolute Gasteiger partial charge is 0.262 e. The summed E-state index contributed by atoms with van der Waals surface area (Å²) in [5.41, 5.74) is 0.692. The number of anilines is 1. The van der Waals surface area contributed by atoms with E-state index in [1.54, 1.807) is 0 Å². The van der Waals surface area contributed by atoms with Gasteiger partial charge in [-0.3, -0.25) is 4.79 Å². The van der Waals surface area contributed by atoms with Crippen molar-refractivity contribution in [2.75, 3.05) is 25.0 Å². The first-order valence-corrected chi connectivity index (χ1v) is 6.26. The van der Waals surface area contributed by atoms with Gasteiger partial charge in [0.2, 0.25) is 0 Å². The summed E-state index contributed by atoms with van der Waals surface area (Å²) in [6.07, 6.45) is 2.21. The van der Waals surface area contributed by atoms with Gasteiger partial charge in [-0.1, -0.05) is 6.07 Å². The number of piperidine rings is 1. The number of benzene rings is 1. The second-order valence-corrected chi connectivity index (χ2v) is 4.54. The van der Waals surface area contributed by atoms with Crippen LogP contribution in [-0.2, 0) is 4.79 Å². The topological polar surface area (TPSA) is 59.6 Å². The van der Waals surface area contributed by atoms with Crippen molar-refractivity contribution in [1.82, 2.24) is 5.32 Å². The van der Waals surface area contributed by atoms with Crippen molar-refractivity contribution in [1.29, 1.82) is 0 Å². The van der Waals surface area contributed by atoms with Gasteiger partial charge in [0.05, 0.1) is 5.69 Å². The molecule has 0 saturated carbocycles. The number of ether oxygens (including phenoxy) is 2. The number of nitrogens with one attached hydrogen (secondary N) is 2. The second kappa shape index (κ2) is 4.86. The van der Waals surface area contributed by atoms with Gasteiger partial charge in [0.1, 0.15) is 6.10 Å². The van der Waals surface area contributed by atoms with Crippen LogP contribution in [0.3, 0.4) is 0 Å². The molecule has 1 saturated heterocycles. The molecule has 0 aliphatic carbocycles. The third-order valence-electron chi connectivity index (χ3n) is 3.18. The Morgan fingerprint density at radius 2 is 2.11 bits per heavy atom. The predicted molar refractivity (Wildman–Crippen MR) is 67.1 cm³/mol. The number of hydrogen-bond donors (Lipinski definition) is 2. The predicted octanol–water partition coefficient (Wildman–Crippen LogP) is 1.15. The molecule has 1 amide bonds. The lowest BCUT2D eigenvalue weighted by Gasteiger charge is -2.26. The van der Waals surface area contributed by atoms with Crippen LogP contribution < -0.4 is 20.1 Å². The summed E-state index contributed by atoms with van der Waals surface area (Å²) in [5, 5.41) is 6.08. The third-order valence-corrected chi connectivity index (χ3v) is 3.18. The molecular weight excluding hydrogens is 232 g/mol. The van der Waals surface area contributed by atoms with E-state index in [4.69, 9.17) is 9.47 Å². The molecule has 0 bridgehead atoms. The Morgan fingerprint density at radius 3 is 2.94 bits per heavy atom. The van der Waals surface area contributed by atoms with Crippen LogP contribution in [0.2, 0.25) is 0 Å². The summed E-state index contributed by atoms with van der Waals surface area (Å²) in [5.74, 6) is 1.25. The molecule has 2 N–H and O–H groups in total. The fraction of sp³-hybridized carbons (Fsp3) is 0.462. The molecule has 2 heterocycles. The number of para-hydroxylation sites is 1. The highest BCUT2D eigenvalue weighted by atomic mass is 16.5. The minimum Gasteiger partial charge on any atom is -0.486 e. The Hall–Kier alpha value is -1.75. The zero-order valence-corrected chi connectivity index (χ0v) is 10.1. The van der Waals surface area contributed by atoms with E-state index in [1.165, 1.54) is 0 Å². The molecule has 1 fully saturated rings. The summed E-state index contributed by atoms with van der Waals surface area (Å²) >= 11 is 0. The summed E-state index contributed by atoms with van der Waals surface area (Å²) in [7, 11) is 0. The van der Waals surface area contributed by atoms with Crippen molar-refractivity contribution in [3.05, 3.63) is 18.2 Å². The van der Waals surface area contributed by atoms with Crippen LogP contribution in [-0.4, -0.2) is 31.7 Å². The molecule has 96 valence electrons. The molecule has 0 spiro atoms. The van der Waals surface area contributed by atoms with Gasteiger partial charge in [-0.15, -0.1) is 0 Å². The van der Waals surface area contributed by atoms with E-state index in [0.29, 0.717) is 11.4 Å². The number of carbonyl (C=O) groups excluding carboxylic acids is 1. The lowest BCUT2D eigenvalue weighted by atomic mass is 10.1. The fourth-order valence-corrected chi connectivity index (χ4v) is 2.27. The van der Waals surface area contributed by atoms with Crippen molar-refractivity contribution in [2.24, 2.45) is 0 Å². The van der Waals surface area contributed by atoms with Crippen LogP contribution in [0.4, 0.5) is 5.69 Å². The summed E-state index contributed by atoms with van der Waals surface area (Å²) in [6.45, 7) is 2.02. The Labute approximate surface area is 105 Å². The van der Waals surface area contributed by atoms with Gasteiger partial charge >= 0.3 is 0 Å². The van der Waals surface area contributed by atoms with Crippen LogP contribution in [0.1, 0.15) is 12.8 Å². The van der Waals surface area contributed by atoms with Crippen LogP contribution in [0, 0.1) is 0 Å². The molecule has 1 aromatic carbocycles. The monoisotopic (exact) mass is 248 g/mol. The van der Waals surface area contributed by atoms with Crippen molar-refractivity contribution in [3.63, 3.8) is 0 Å². The van der Waals surface area contributed by atoms with E-state index < -0.39 is 0 Å². The summed E-state index contributed by atoms with van der Waals surface area (Å²) in [4.78, 5) is 11.2. The first kappa shape index (κ1) is 11.3. The van der Waals surface area contributed by atoms with Crippen LogP contribution in [0.25, 0.3) is 0 Å². The zero-order chi connectivity index (χ0) is 12.4. The average molecular weight is 248 g/mol. The maximum atomic E-state index is 11.2. The van der Waals surface area contributed by atoms with Crippen molar-refractivity contribution < 1.29 is 14.3 Å². The highest BCUT2D eigenvalue weighted by Gasteiger charge is 2.22. The lowest BCUT2D eigenvalue weighted by Crippen LogP contribution is -2.34. The lowest BCUT2D eigenvalue weighted by molar-refractivity contribution is -0.118. The van der Waals surface area contributed by atoms with E-state index >= 15 is 0 Å². The van der Waals surface area contributed by atoms with Crippen molar-refractivity contribution >= 4 is 11.6 Å². The molecule has 1 aromatic rings. The van der Waals surface area contributed by atoms with E-state index in [1.807, 2.05) is 18.2 Å². The largest absolute Gasteiger partial charge is 0.486 e. The van der Waals surface area contributed by atoms with Gasteiger partial charge in [-0.2, -0.15) is 0 Å². The standard InChI is InChI=1S/C13H16N2O3/c16-12-8-17-13-10(15-12)2-1-3-11(13)18-9-4-6-14-7-5-9/h1-3,9,14H,4-8H2,(H,15,16). The Balaban J connectivity index is 1.79. The molecule has 3 rings (SSSR count). The Kier molecular flexibility index (Phi) is 3.06. The summed E-state index contributed by atoms with van der Waals surface area (Å²) in [6, 6.07) is 5.57. The van der Waals surface area contributed by atoms with Crippen LogP contribution in [0.15, 0.2) is 18.2 Å². The highest BCUT2D eigenvalue weighted by molar-refractivity contribution is 5.96. The van der Waals surface area contributed by atoms with Crippen LogP contribution >= 0.6 is 0 Å². The molecule has 5 nitrogen and oxygen atoms in total. The molecule has 0 radical (unpaired) electrons. The second-order valence-electron chi connectivity index (χ2n) is 4.54. The van der Waals surface area contributed by atoms with Gasteiger partial charge in [-0.25, -0.2) is 0 Å². The molecular formula is C13H16N2O3. The number of carbonyl (C=O) groups is 1. The highest BCUT2D eigenvalue weighted by Crippen LogP contribution is 2.38. The maximum Gasteiger partial charge on any atom is 0.262 e. The van der Waals surface area contributed by atoms with Gasteiger partial charge in [0.15, 0.2) is 18.1 Å². The fourth-order valence-electron chi connectivity index (χ4n) is 2.27. The van der Waals surface area contributed by atoms with Crippen molar-refractivity contribution in [2.45, 2.75) is 18.9 Å². The van der Waals surface area contributed by atoms with Gasteiger partial charge < -0.3 is 20.1 Å². The minimum absolute atomic E-state index is 0.0552. The average Bonchev–Trinajstić information content (AvgIpc) is 2.40. The maximum absolute atomic E-state index is 11.2. The number of rotatable bonds is 2. The van der Waals surface area contributed by atoms with E-state index in [-0.39, 0.29) is 18.6 Å². The van der Waals surface area contributed by atoms with Gasteiger partial charge in [0, 0.05) is 0 Å². The number of amides is 1. The number of fused-ring (bicyclic) bond motifs is 1. The Bertz CT molecular complexity index is 456. The molecule has 0 aromatic heterocycles. The Morgan fingerprint density at radius 1 is 1.28 bits per heavy atom. The third kappa shape index (κ3) is 2.26. The minimum atomic E-state index is -0.124. The first-order valence-electron chi connectivity index (χ1n) is 6.26. The molecule has 0 atom stereocenters. The van der Waals surface area contributed by atoms with Gasteiger partial charge in [-0.05, 0) is 38.1 Å². The normalized spacial score (nSPS) is 19.7. The van der Waals surface area contributed by atoms with Crippen LogP contribution in [0.5, 0.6) is 11.5 Å².